The lowest BCUT2D eigenvalue weighted by Crippen LogP contribution is -2.19. The van der Waals surface area contributed by atoms with E-state index in [1.54, 1.807) is 6.20 Å². The van der Waals surface area contributed by atoms with E-state index in [0.29, 0.717) is 23.3 Å². The van der Waals surface area contributed by atoms with Crippen LogP contribution in [0.3, 0.4) is 0 Å². The molecule has 5 rings (SSSR count). The molecule has 0 unspecified atom stereocenters. The van der Waals surface area contributed by atoms with E-state index in [9.17, 15) is 4.79 Å². The molecule has 8 N–H and O–H groups in total. The van der Waals surface area contributed by atoms with Crippen LogP contribution in [0.1, 0.15) is 11.3 Å². The van der Waals surface area contributed by atoms with E-state index >= 15 is 0 Å². The SMILES string of the molecule is Nc1ncc(-c2cccc(NC(=O)Nc3ccc4c(c3)-c3[nH]c(N)nc3CC4)c2)[nH]1. The standard InChI is InChI=1S/C21H20N8O/c22-19-24-10-17(28-19)12-2-1-3-13(8-12)25-21(30)26-14-6-4-11-5-7-16-18(15(11)9-14)29-20(23)27-16/h1-4,6,8-10H,5,7H2,(H3,22,24,28)(H3,23,27,29)(H2,25,26,30). The van der Waals surface area contributed by atoms with Gasteiger partial charge in [0.05, 0.1) is 23.3 Å². The minimum absolute atomic E-state index is 0.337. The number of aryl methyl sites for hydroxylation is 2. The number of hydrogen-bond acceptors (Lipinski definition) is 5. The molecule has 1 aliphatic rings. The molecule has 2 amide bonds. The number of aromatic amines is 2. The summed E-state index contributed by atoms with van der Waals surface area (Å²) >= 11 is 0. The fraction of sp³-hybridized carbons (Fsp3) is 0.0952. The zero-order valence-electron chi connectivity index (χ0n) is 16.0. The van der Waals surface area contributed by atoms with Crippen LogP contribution in [0.2, 0.25) is 0 Å². The number of nitrogens with zero attached hydrogens (tertiary/aromatic N) is 2. The Bertz CT molecular complexity index is 1260. The maximum atomic E-state index is 12.5. The number of urea groups is 1. The highest BCUT2D eigenvalue weighted by Crippen LogP contribution is 2.34. The molecule has 30 heavy (non-hydrogen) atoms. The van der Waals surface area contributed by atoms with Crippen LogP contribution < -0.4 is 22.1 Å². The highest BCUT2D eigenvalue weighted by Gasteiger charge is 2.20. The van der Waals surface area contributed by atoms with Gasteiger partial charge >= 0.3 is 6.03 Å². The van der Waals surface area contributed by atoms with E-state index in [2.05, 4.69) is 30.6 Å². The summed E-state index contributed by atoms with van der Waals surface area (Å²) in [6.07, 6.45) is 3.39. The average molecular weight is 400 g/mol. The fourth-order valence-corrected chi connectivity index (χ4v) is 3.73. The highest BCUT2D eigenvalue weighted by molar-refractivity contribution is 6.00. The molecule has 9 heteroatoms. The Hall–Kier alpha value is -4.27. The number of anilines is 4. The van der Waals surface area contributed by atoms with Crippen molar-refractivity contribution in [2.45, 2.75) is 12.8 Å². The molecule has 1 aliphatic carbocycles. The lowest BCUT2D eigenvalue weighted by molar-refractivity contribution is 0.262. The minimum Gasteiger partial charge on any atom is -0.369 e. The van der Waals surface area contributed by atoms with Crippen molar-refractivity contribution in [1.82, 2.24) is 19.9 Å². The maximum Gasteiger partial charge on any atom is 0.323 e. The van der Waals surface area contributed by atoms with Gasteiger partial charge < -0.3 is 32.1 Å². The number of rotatable bonds is 3. The molecular weight excluding hydrogens is 380 g/mol. The summed E-state index contributed by atoms with van der Waals surface area (Å²) in [6, 6.07) is 12.9. The predicted octanol–water partition coefficient (Wildman–Crippen LogP) is 3.37. The van der Waals surface area contributed by atoms with Crippen LogP contribution in [-0.2, 0) is 12.8 Å². The van der Waals surface area contributed by atoms with Crippen molar-refractivity contribution in [2.24, 2.45) is 0 Å². The van der Waals surface area contributed by atoms with Gasteiger partial charge in [-0.3, -0.25) is 0 Å². The number of aromatic nitrogens is 4. The van der Waals surface area contributed by atoms with Gasteiger partial charge in [0.15, 0.2) is 11.9 Å². The first-order chi connectivity index (χ1) is 14.5. The Kier molecular flexibility index (Phi) is 4.13. The van der Waals surface area contributed by atoms with Gasteiger partial charge in [0, 0.05) is 22.5 Å². The molecular formula is C21H20N8O. The summed E-state index contributed by atoms with van der Waals surface area (Å²) in [6.45, 7) is 0. The molecule has 4 aromatic rings. The molecule has 0 saturated heterocycles. The third-order valence-corrected chi connectivity index (χ3v) is 5.09. The first kappa shape index (κ1) is 17.8. The second kappa shape index (κ2) is 6.96. The highest BCUT2D eigenvalue weighted by atomic mass is 16.2. The molecule has 0 bridgehead atoms. The van der Waals surface area contributed by atoms with Gasteiger partial charge in [-0.05, 0) is 42.7 Å². The first-order valence-electron chi connectivity index (χ1n) is 9.52. The number of hydrogen-bond donors (Lipinski definition) is 6. The monoisotopic (exact) mass is 400 g/mol. The van der Waals surface area contributed by atoms with Crippen molar-refractivity contribution >= 4 is 29.3 Å². The summed E-state index contributed by atoms with van der Waals surface area (Å²) in [5.41, 5.74) is 18.5. The summed E-state index contributed by atoms with van der Waals surface area (Å²) in [7, 11) is 0. The molecule has 0 aliphatic heterocycles. The molecule has 2 aromatic carbocycles. The number of imidazole rings is 2. The Morgan fingerprint density at radius 2 is 1.80 bits per heavy atom. The summed E-state index contributed by atoms with van der Waals surface area (Å²) < 4.78 is 0. The smallest absolute Gasteiger partial charge is 0.323 e. The zero-order valence-corrected chi connectivity index (χ0v) is 16.0. The summed E-state index contributed by atoms with van der Waals surface area (Å²) in [5.74, 6) is 0.749. The Balaban J connectivity index is 1.33. The van der Waals surface area contributed by atoms with E-state index in [0.717, 1.165) is 41.1 Å². The van der Waals surface area contributed by atoms with Crippen molar-refractivity contribution in [3.63, 3.8) is 0 Å². The predicted molar refractivity (Wildman–Crippen MR) is 117 cm³/mol. The summed E-state index contributed by atoms with van der Waals surface area (Å²) in [4.78, 5) is 27.0. The molecule has 150 valence electrons. The number of nitrogens with one attached hydrogen (secondary N) is 4. The second-order valence-electron chi connectivity index (χ2n) is 7.16. The zero-order chi connectivity index (χ0) is 20.7. The van der Waals surface area contributed by atoms with Crippen LogP contribution in [0, 0.1) is 0 Å². The topological polar surface area (TPSA) is 151 Å². The third-order valence-electron chi connectivity index (χ3n) is 5.09. The minimum atomic E-state index is -0.337. The van der Waals surface area contributed by atoms with Crippen LogP contribution in [0.25, 0.3) is 22.5 Å². The molecule has 2 aromatic heterocycles. The van der Waals surface area contributed by atoms with Gasteiger partial charge in [-0.25, -0.2) is 14.8 Å². The van der Waals surface area contributed by atoms with E-state index in [-0.39, 0.29) is 6.03 Å². The number of nitrogens with two attached hydrogens (primary N) is 2. The number of carbonyl (C=O) groups excluding carboxylic acids is 1. The molecule has 0 radical (unpaired) electrons. The van der Waals surface area contributed by atoms with Crippen LogP contribution in [-0.4, -0.2) is 26.0 Å². The second-order valence-corrected chi connectivity index (χ2v) is 7.16. The van der Waals surface area contributed by atoms with E-state index in [1.807, 2.05) is 42.5 Å². The number of amides is 2. The molecule has 0 spiro atoms. The molecule has 9 nitrogen and oxygen atoms in total. The Morgan fingerprint density at radius 3 is 2.60 bits per heavy atom. The number of fused-ring (bicyclic) bond motifs is 3. The molecule has 0 saturated carbocycles. The van der Waals surface area contributed by atoms with Crippen LogP contribution in [0.5, 0.6) is 0 Å². The molecule has 0 atom stereocenters. The quantitative estimate of drug-likeness (QED) is 0.311. The van der Waals surface area contributed by atoms with Gasteiger partial charge in [-0.1, -0.05) is 18.2 Å². The van der Waals surface area contributed by atoms with Crippen molar-refractivity contribution < 1.29 is 4.79 Å². The molecule has 0 fully saturated rings. The normalized spacial score (nSPS) is 12.1. The van der Waals surface area contributed by atoms with Crippen molar-refractivity contribution in [1.29, 1.82) is 0 Å². The van der Waals surface area contributed by atoms with Crippen LogP contribution in [0.4, 0.5) is 28.1 Å². The van der Waals surface area contributed by atoms with Crippen molar-refractivity contribution in [3.8, 4) is 22.5 Å². The Labute approximate surface area is 171 Å². The van der Waals surface area contributed by atoms with Crippen LogP contribution in [0.15, 0.2) is 48.7 Å². The number of nitrogen functional groups attached to an aromatic ring is 2. The first-order valence-corrected chi connectivity index (χ1v) is 9.52. The van der Waals surface area contributed by atoms with Crippen molar-refractivity contribution in [2.75, 3.05) is 22.1 Å². The maximum absolute atomic E-state index is 12.5. The van der Waals surface area contributed by atoms with Gasteiger partial charge in [0.25, 0.3) is 0 Å². The lowest BCUT2D eigenvalue weighted by atomic mass is 9.92. The van der Waals surface area contributed by atoms with Gasteiger partial charge in [-0.2, -0.15) is 0 Å². The van der Waals surface area contributed by atoms with Crippen molar-refractivity contribution in [3.05, 3.63) is 59.9 Å². The van der Waals surface area contributed by atoms with E-state index in [4.69, 9.17) is 11.5 Å². The third kappa shape index (κ3) is 3.32. The van der Waals surface area contributed by atoms with E-state index in [1.165, 1.54) is 5.56 Å². The number of benzene rings is 2. The molecule has 2 heterocycles. The number of carbonyl (C=O) groups is 1. The van der Waals surface area contributed by atoms with Crippen LogP contribution >= 0.6 is 0 Å². The van der Waals surface area contributed by atoms with Gasteiger partial charge in [0.1, 0.15) is 0 Å². The largest absolute Gasteiger partial charge is 0.369 e. The van der Waals surface area contributed by atoms with Gasteiger partial charge in [0.2, 0.25) is 0 Å². The Morgan fingerprint density at radius 1 is 0.967 bits per heavy atom. The fourth-order valence-electron chi connectivity index (χ4n) is 3.73. The lowest BCUT2D eigenvalue weighted by Gasteiger charge is -2.17. The summed E-state index contributed by atoms with van der Waals surface area (Å²) in [5, 5.41) is 5.74. The van der Waals surface area contributed by atoms with E-state index < -0.39 is 0 Å². The van der Waals surface area contributed by atoms with Gasteiger partial charge in [-0.15, -0.1) is 0 Å². The number of H-pyrrole nitrogens is 2. The average Bonchev–Trinajstić information content (AvgIpc) is 3.33.